The van der Waals surface area contributed by atoms with Crippen LogP contribution in [0, 0.1) is 22.9 Å². The maximum atomic E-state index is 13.5. The van der Waals surface area contributed by atoms with Gasteiger partial charge in [-0.2, -0.15) is 5.10 Å². The Balaban J connectivity index is 2.34. The Morgan fingerprint density at radius 2 is 2.28 bits per heavy atom. The summed E-state index contributed by atoms with van der Waals surface area (Å²) in [5, 5.41) is 14.4. The smallest absolute Gasteiger partial charge is 0.330 e. The van der Waals surface area contributed by atoms with Crippen LogP contribution in [0.2, 0.25) is 0 Å². The molecule has 2 rings (SSSR count). The molecule has 1 heterocycles. The number of nitro groups is 1. The van der Waals surface area contributed by atoms with E-state index in [0.29, 0.717) is 5.56 Å². The van der Waals surface area contributed by atoms with Crippen LogP contribution in [0.15, 0.2) is 24.4 Å². The van der Waals surface area contributed by atoms with Crippen molar-refractivity contribution in [3.05, 3.63) is 51.5 Å². The summed E-state index contributed by atoms with van der Waals surface area (Å²) in [6.07, 6.45) is 1.06. The van der Waals surface area contributed by atoms with Crippen molar-refractivity contribution >= 4 is 11.5 Å². The van der Waals surface area contributed by atoms with E-state index >= 15 is 0 Å². The van der Waals surface area contributed by atoms with E-state index < -0.39 is 10.7 Å². The molecule has 0 aliphatic rings. The molecule has 0 radical (unpaired) electrons. The van der Waals surface area contributed by atoms with Gasteiger partial charge in [0.1, 0.15) is 12.0 Å². The monoisotopic (exact) mass is 250 g/mol. The molecule has 0 aliphatic heterocycles. The minimum atomic E-state index is -0.620. The van der Waals surface area contributed by atoms with E-state index in [1.54, 1.807) is 12.1 Å². The van der Waals surface area contributed by atoms with Gasteiger partial charge in [-0.05, 0) is 13.0 Å². The van der Waals surface area contributed by atoms with Crippen molar-refractivity contribution in [2.75, 3.05) is 5.73 Å². The van der Waals surface area contributed by atoms with Gasteiger partial charge in [0, 0.05) is 5.56 Å². The summed E-state index contributed by atoms with van der Waals surface area (Å²) in [5.41, 5.74) is 6.59. The van der Waals surface area contributed by atoms with Gasteiger partial charge in [0.2, 0.25) is 5.82 Å². The molecule has 0 saturated heterocycles. The molecule has 94 valence electrons. The van der Waals surface area contributed by atoms with E-state index in [1.807, 2.05) is 6.92 Å². The molecule has 0 aliphatic carbocycles. The Labute approximate surface area is 102 Å². The topological polar surface area (TPSA) is 87.0 Å². The zero-order valence-electron chi connectivity index (χ0n) is 9.63. The summed E-state index contributed by atoms with van der Waals surface area (Å²) in [4.78, 5) is 9.99. The molecular weight excluding hydrogens is 239 g/mol. The molecule has 2 aromatic rings. The SMILES string of the molecule is Cc1ccc(F)c(Cn2ncc([N+](=O)[O-])c2N)c1. The molecule has 0 atom stereocenters. The van der Waals surface area contributed by atoms with Crippen LogP contribution in [0.1, 0.15) is 11.1 Å². The molecule has 0 bridgehead atoms. The number of aryl methyl sites for hydroxylation is 1. The minimum Gasteiger partial charge on any atom is -0.378 e. The molecule has 7 heteroatoms. The lowest BCUT2D eigenvalue weighted by molar-refractivity contribution is -0.384. The zero-order chi connectivity index (χ0) is 13.3. The lowest BCUT2D eigenvalue weighted by Gasteiger charge is -2.06. The van der Waals surface area contributed by atoms with Crippen LogP contribution >= 0.6 is 0 Å². The van der Waals surface area contributed by atoms with E-state index in [0.717, 1.165) is 11.8 Å². The van der Waals surface area contributed by atoms with Crippen LogP contribution < -0.4 is 5.73 Å². The van der Waals surface area contributed by atoms with Crippen LogP contribution in [-0.2, 0) is 6.54 Å². The highest BCUT2D eigenvalue weighted by atomic mass is 19.1. The van der Waals surface area contributed by atoms with E-state index in [9.17, 15) is 14.5 Å². The van der Waals surface area contributed by atoms with Crippen molar-refractivity contribution in [1.82, 2.24) is 9.78 Å². The van der Waals surface area contributed by atoms with E-state index in [1.165, 1.54) is 10.7 Å². The summed E-state index contributed by atoms with van der Waals surface area (Å²) in [5.74, 6) is -0.473. The first kappa shape index (κ1) is 12.0. The van der Waals surface area contributed by atoms with Gasteiger partial charge in [-0.1, -0.05) is 17.7 Å². The lowest BCUT2D eigenvalue weighted by atomic mass is 10.1. The molecule has 18 heavy (non-hydrogen) atoms. The average molecular weight is 250 g/mol. The van der Waals surface area contributed by atoms with Crippen molar-refractivity contribution in [3.63, 3.8) is 0 Å². The molecular formula is C11H11FN4O2. The third-order valence-electron chi connectivity index (χ3n) is 2.58. The van der Waals surface area contributed by atoms with Crippen LogP contribution in [0.25, 0.3) is 0 Å². The van der Waals surface area contributed by atoms with Gasteiger partial charge in [-0.25, -0.2) is 9.07 Å². The van der Waals surface area contributed by atoms with Gasteiger partial charge in [-0.3, -0.25) is 10.1 Å². The summed E-state index contributed by atoms with van der Waals surface area (Å²) in [6.45, 7) is 1.89. The van der Waals surface area contributed by atoms with Gasteiger partial charge < -0.3 is 5.73 Å². The molecule has 0 unspecified atom stereocenters. The van der Waals surface area contributed by atoms with Crippen molar-refractivity contribution in [2.24, 2.45) is 0 Å². The van der Waals surface area contributed by atoms with Crippen LogP contribution in [0.5, 0.6) is 0 Å². The number of hydrogen-bond acceptors (Lipinski definition) is 4. The van der Waals surface area contributed by atoms with Gasteiger partial charge >= 0.3 is 5.69 Å². The van der Waals surface area contributed by atoms with Crippen molar-refractivity contribution in [3.8, 4) is 0 Å². The fourth-order valence-electron chi connectivity index (χ4n) is 1.64. The van der Waals surface area contributed by atoms with Gasteiger partial charge in [0.15, 0.2) is 0 Å². The number of rotatable bonds is 3. The van der Waals surface area contributed by atoms with Crippen molar-refractivity contribution in [2.45, 2.75) is 13.5 Å². The first-order chi connectivity index (χ1) is 8.49. The maximum absolute atomic E-state index is 13.5. The highest BCUT2D eigenvalue weighted by Crippen LogP contribution is 2.21. The number of hydrogen-bond donors (Lipinski definition) is 1. The Morgan fingerprint density at radius 3 is 2.89 bits per heavy atom. The predicted molar refractivity (Wildman–Crippen MR) is 63.5 cm³/mol. The third kappa shape index (κ3) is 2.15. The summed E-state index contributed by atoms with van der Waals surface area (Å²) in [6, 6.07) is 4.65. The Bertz CT molecular complexity index is 609. The van der Waals surface area contributed by atoms with Crippen LogP contribution in [-0.4, -0.2) is 14.7 Å². The van der Waals surface area contributed by atoms with Crippen molar-refractivity contribution in [1.29, 1.82) is 0 Å². The normalized spacial score (nSPS) is 10.6. The minimum absolute atomic E-state index is 0.0627. The Hall–Kier alpha value is -2.44. The molecule has 6 nitrogen and oxygen atoms in total. The summed E-state index contributed by atoms with van der Waals surface area (Å²) in [7, 11) is 0. The molecule has 2 N–H and O–H groups in total. The van der Waals surface area contributed by atoms with Crippen LogP contribution in [0.4, 0.5) is 15.9 Å². The Morgan fingerprint density at radius 1 is 1.56 bits per heavy atom. The average Bonchev–Trinajstić information content (AvgIpc) is 2.66. The summed E-state index contributed by atoms with van der Waals surface area (Å²) >= 11 is 0. The highest BCUT2D eigenvalue weighted by Gasteiger charge is 2.18. The maximum Gasteiger partial charge on any atom is 0.330 e. The number of aromatic nitrogens is 2. The molecule has 0 fully saturated rings. The Kier molecular flexibility index (Phi) is 2.97. The molecule has 0 spiro atoms. The summed E-state index contributed by atoms with van der Waals surface area (Å²) < 4.78 is 14.7. The first-order valence-corrected chi connectivity index (χ1v) is 5.19. The number of nitrogen functional groups attached to an aromatic ring is 1. The molecule has 0 saturated carbocycles. The fraction of sp³-hybridized carbons (Fsp3) is 0.182. The van der Waals surface area contributed by atoms with E-state index in [2.05, 4.69) is 5.10 Å². The number of nitrogens with zero attached hydrogens (tertiary/aromatic N) is 3. The second-order valence-corrected chi connectivity index (χ2v) is 3.92. The largest absolute Gasteiger partial charge is 0.378 e. The molecule has 1 aromatic heterocycles. The van der Waals surface area contributed by atoms with Crippen molar-refractivity contribution < 1.29 is 9.31 Å². The quantitative estimate of drug-likeness (QED) is 0.665. The predicted octanol–water partition coefficient (Wildman–Crippen LogP) is 1.87. The number of anilines is 1. The molecule has 1 aromatic carbocycles. The number of benzene rings is 1. The fourth-order valence-corrected chi connectivity index (χ4v) is 1.64. The van der Waals surface area contributed by atoms with E-state index in [4.69, 9.17) is 5.73 Å². The second kappa shape index (κ2) is 4.44. The number of nitrogens with two attached hydrogens (primary N) is 1. The van der Waals surface area contributed by atoms with Crippen LogP contribution in [0.3, 0.4) is 0 Å². The lowest BCUT2D eigenvalue weighted by Crippen LogP contribution is -2.08. The van der Waals surface area contributed by atoms with Gasteiger partial charge in [0.05, 0.1) is 11.5 Å². The standard InChI is InChI=1S/C11H11FN4O2/c1-7-2-3-9(12)8(4-7)6-15-11(13)10(5-14-15)16(17)18/h2-5H,6,13H2,1H3. The highest BCUT2D eigenvalue weighted by molar-refractivity contribution is 5.51. The molecule has 0 amide bonds. The van der Waals surface area contributed by atoms with Gasteiger partial charge in [-0.15, -0.1) is 0 Å². The first-order valence-electron chi connectivity index (χ1n) is 5.19. The third-order valence-corrected chi connectivity index (χ3v) is 2.58. The zero-order valence-corrected chi connectivity index (χ0v) is 9.63. The van der Waals surface area contributed by atoms with Gasteiger partial charge in [0.25, 0.3) is 0 Å². The van der Waals surface area contributed by atoms with E-state index in [-0.39, 0.29) is 18.1 Å². The number of halogens is 1. The second-order valence-electron chi connectivity index (χ2n) is 3.92.